The number of methoxy groups -OCH3 is 1. The molecule has 0 heterocycles. The molecule has 0 aromatic heterocycles. The highest BCUT2D eigenvalue weighted by atomic mass is 16.6. The van der Waals surface area contributed by atoms with Crippen molar-refractivity contribution >= 4 is 17.6 Å². The maximum Gasteiger partial charge on any atom is 0.414 e. The molecule has 3 N–H and O–H groups in total. The zero-order valence-corrected chi connectivity index (χ0v) is 14.1. The van der Waals surface area contributed by atoms with Gasteiger partial charge in [-0.15, -0.1) is 0 Å². The van der Waals surface area contributed by atoms with Crippen molar-refractivity contribution in [2.45, 2.75) is 13.3 Å². The molecule has 10 nitrogen and oxygen atoms in total. The second-order valence-electron chi connectivity index (χ2n) is 4.78. The summed E-state index contributed by atoms with van der Waals surface area (Å²) in [5, 5.41) is 28.8. The average Bonchev–Trinajstić information content (AvgIpc) is 2.55. The molecule has 0 spiro atoms. The highest BCUT2D eigenvalue weighted by Gasteiger charge is 2.14. The molecule has 0 aliphatic carbocycles. The fourth-order valence-electron chi connectivity index (χ4n) is 1.59. The molecule has 0 saturated carbocycles. The quantitative estimate of drug-likeness (QED) is 0.255. The Morgan fingerprint density at radius 3 is 2.36 bits per heavy atom. The highest BCUT2D eigenvalue weighted by Crippen LogP contribution is 2.27. The number of aliphatic carboxylic acids is 2. The molecule has 0 radical (unpaired) electrons. The first-order chi connectivity index (χ1) is 11.8. The lowest BCUT2D eigenvalue weighted by molar-refractivity contribution is -0.385. The van der Waals surface area contributed by atoms with Crippen LogP contribution in [0.4, 0.5) is 5.69 Å². The second-order valence-corrected chi connectivity index (χ2v) is 4.78. The third-order valence-electron chi connectivity index (χ3n) is 2.73. The lowest BCUT2D eigenvalue weighted by Crippen LogP contribution is -2.23. The van der Waals surface area contributed by atoms with Gasteiger partial charge < -0.3 is 25.0 Å². The van der Waals surface area contributed by atoms with E-state index in [0.29, 0.717) is 18.9 Å². The number of rotatable bonds is 9. The highest BCUT2D eigenvalue weighted by molar-refractivity contribution is 6.27. The first-order valence-electron chi connectivity index (χ1n) is 7.33. The molecule has 1 aromatic carbocycles. The molecule has 25 heavy (non-hydrogen) atoms. The zero-order chi connectivity index (χ0) is 19.2. The molecule has 0 bridgehead atoms. The van der Waals surface area contributed by atoms with Crippen molar-refractivity contribution in [3.05, 3.63) is 33.9 Å². The second kappa shape index (κ2) is 12.7. The molecular formula is C15H22N2O8. The minimum atomic E-state index is -1.82. The number of hydrogen-bond donors (Lipinski definition) is 3. The van der Waals surface area contributed by atoms with Gasteiger partial charge >= 0.3 is 17.6 Å². The lowest BCUT2D eigenvalue weighted by atomic mass is 10.2. The van der Waals surface area contributed by atoms with Crippen molar-refractivity contribution in [3.63, 3.8) is 0 Å². The van der Waals surface area contributed by atoms with Gasteiger partial charge in [-0.25, -0.2) is 9.59 Å². The number of hydrogen-bond acceptors (Lipinski definition) is 7. The summed E-state index contributed by atoms with van der Waals surface area (Å²) in [6.07, 6.45) is 0.932. The molecular weight excluding hydrogens is 336 g/mol. The molecule has 1 aromatic rings. The molecule has 0 aliphatic rings. The van der Waals surface area contributed by atoms with Crippen LogP contribution in [0.3, 0.4) is 0 Å². The third-order valence-corrected chi connectivity index (χ3v) is 2.73. The largest absolute Gasteiger partial charge is 0.485 e. The Balaban J connectivity index is 0.000000823. The van der Waals surface area contributed by atoms with Crippen LogP contribution in [0, 0.1) is 17.0 Å². The molecule has 0 amide bonds. The predicted octanol–water partition coefficient (Wildman–Crippen LogP) is 1.06. The number of aryl methyl sites for hydroxylation is 1. The molecule has 10 heteroatoms. The predicted molar refractivity (Wildman–Crippen MR) is 88.0 cm³/mol. The van der Waals surface area contributed by atoms with Crippen LogP contribution in [0.15, 0.2) is 18.2 Å². The smallest absolute Gasteiger partial charge is 0.414 e. The Morgan fingerprint density at radius 1 is 1.20 bits per heavy atom. The summed E-state index contributed by atoms with van der Waals surface area (Å²) >= 11 is 0. The van der Waals surface area contributed by atoms with E-state index in [1.54, 1.807) is 19.2 Å². The zero-order valence-electron chi connectivity index (χ0n) is 14.1. The Morgan fingerprint density at radius 2 is 1.84 bits per heavy atom. The number of ether oxygens (including phenoxy) is 2. The molecule has 0 fully saturated rings. The first kappa shape index (κ1) is 22.3. The number of carbonyl (C=O) groups is 2. The SMILES string of the molecule is COCCCNCCOc1ccc(C)cc1[N+](=O)[O-].O=C(O)C(=O)O. The Hall–Kier alpha value is -2.72. The number of nitro benzene ring substituents is 1. The van der Waals surface area contributed by atoms with Crippen molar-refractivity contribution in [1.82, 2.24) is 5.32 Å². The van der Waals surface area contributed by atoms with Gasteiger partial charge in [0.05, 0.1) is 4.92 Å². The van der Waals surface area contributed by atoms with Gasteiger partial charge in [0.2, 0.25) is 0 Å². The summed E-state index contributed by atoms with van der Waals surface area (Å²) in [7, 11) is 1.67. The fourth-order valence-corrected chi connectivity index (χ4v) is 1.59. The molecule has 0 saturated heterocycles. The van der Waals surface area contributed by atoms with Crippen LogP contribution in [0.5, 0.6) is 5.75 Å². The Kier molecular flexibility index (Phi) is 11.3. The molecule has 0 unspecified atom stereocenters. The number of benzene rings is 1. The van der Waals surface area contributed by atoms with Crippen molar-refractivity contribution in [3.8, 4) is 5.75 Å². The van der Waals surface area contributed by atoms with Gasteiger partial charge in [-0.1, -0.05) is 6.07 Å². The minimum absolute atomic E-state index is 0.0133. The van der Waals surface area contributed by atoms with Crippen LogP contribution in [-0.4, -0.2) is 60.5 Å². The Labute approximate surface area is 144 Å². The van der Waals surface area contributed by atoms with Gasteiger partial charge in [0, 0.05) is 26.3 Å². The maximum atomic E-state index is 10.9. The fraction of sp³-hybridized carbons (Fsp3) is 0.467. The Bertz CT molecular complexity index is 565. The van der Waals surface area contributed by atoms with E-state index in [1.807, 2.05) is 6.92 Å². The van der Waals surface area contributed by atoms with Gasteiger partial charge in [-0.3, -0.25) is 10.1 Å². The molecule has 0 aliphatic heterocycles. The van der Waals surface area contributed by atoms with E-state index >= 15 is 0 Å². The standard InChI is InChI=1S/C13H20N2O4.C2H2O4/c1-11-4-5-13(12(10-11)15(16)17)19-9-7-14-6-3-8-18-2;3-1(4)2(5)6/h4-5,10,14H,3,6-9H2,1-2H3;(H,3,4)(H,5,6). The topological polar surface area (TPSA) is 148 Å². The summed E-state index contributed by atoms with van der Waals surface area (Å²) in [4.78, 5) is 28.7. The summed E-state index contributed by atoms with van der Waals surface area (Å²) in [6.45, 7) is 4.42. The molecule has 0 atom stereocenters. The monoisotopic (exact) mass is 358 g/mol. The summed E-state index contributed by atoms with van der Waals surface area (Å²) < 4.78 is 10.3. The van der Waals surface area contributed by atoms with Gasteiger partial charge in [-0.2, -0.15) is 0 Å². The van der Waals surface area contributed by atoms with Crippen molar-refractivity contribution < 1.29 is 34.2 Å². The van der Waals surface area contributed by atoms with E-state index in [9.17, 15) is 10.1 Å². The normalized spacial score (nSPS) is 9.68. The van der Waals surface area contributed by atoms with Crippen molar-refractivity contribution in [2.24, 2.45) is 0 Å². The number of nitrogens with one attached hydrogen (secondary N) is 1. The van der Waals surface area contributed by atoms with Crippen LogP contribution >= 0.6 is 0 Å². The summed E-state index contributed by atoms with van der Waals surface area (Å²) in [5.74, 6) is -3.33. The summed E-state index contributed by atoms with van der Waals surface area (Å²) in [5.41, 5.74) is 0.858. The van der Waals surface area contributed by atoms with Crippen LogP contribution < -0.4 is 10.1 Å². The van der Waals surface area contributed by atoms with Crippen LogP contribution in [-0.2, 0) is 14.3 Å². The van der Waals surface area contributed by atoms with Gasteiger partial charge in [0.1, 0.15) is 6.61 Å². The molecule has 140 valence electrons. The van der Waals surface area contributed by atoms with Crippen LogP contribution in [0.1, 0.15) is 12.0 Å². The number of carboxylic acid groups (broad SMARTS) is 2. The van der Waals surface area contributed by atoms with Gasteiger partial charge in [0.25, 0.3) is 0 Å². The summed E-state index contributed by atoms with van der Waals surface area (Å²) in [6, 6.07) is 4.95. The van der Waals surface area contributed by atoms with E-state index in [2.05, 4.69) is 5.32 Å². The average molecular weight is 358 g/mol. The first-order valence-corrected chi connectivity index (χ1v) is 7.33. The van der Waals surface area contributed by atoms with Crippen molar-refractivity contribution in [1.29, 1.82) is 0 Å². The van der Waals surface area contributed by atoms with Gasteiger partial charge in [0.15, 0.2) is 5.75 Å². The van der Waals surface area contributed by atoms with Gasteiger partial charge in [-0.05, 0) is 31.5 Å². The van der Waals surface area contributed by atoms with E-state index in [0.717, 1.165) is 25.1 Å². The van der Waals surface area contributed by atoms with E-state index in [1.165, 1.54) is 6.07 Å². The van der Waals surface area contributed by atoms with E-state index in [4.69, 9.17) is 29.3 Å². The van der Waals surface area contributed by atoms with Crippen molar-refractivity contribution in [2.75, 3.05) is 33.4 Å². The number of carboxylic acids is 2. The maximum absolute atomic E-state index is 10.9. The lowest BCUT2D eigenvalue weighted by Gasteiger charge is -2.08. The van der Waals surface area contributed by atoms with E-state index in [-0.39, 0.29) is 5.69 Å². The third kappa shape index (κ3) is 10.6. The number of nitrogens with zero attached hydrogens (tertiary/aromatic N) is 1. The van der Waals surface area contributed by atoms with E-state index < -0.39 is 16.9 Å². The van der Waals surface area contributed by atoms with Crippen LogP contribution in [0.2, 0.25) is 0 Å². The number of nitro groups is 1. The minimum Gasteiger partial charge on any atom is -0.485 e. The van der Waals surface area contributed by atoms with Crippen LogP contribution in [0.25, 0.3) is 0 Å². The molecule has 1 rings (SSSR count).